The zero-order chi connectivity index (χ0) is 18.0. The number of halogens is 1. The highest BCUT2D eigenvalue weighted by Crippen LogP contribution is 2.28. The number of benzene rings is 1. The largest absolute Gasteiger partial charge is 0.462 e. The van der Waals surface area contributed by atoms with E-state index in [0.29, 0.717) is 10.7 Å². The van der Waals surface area contributed by atoms with Crippen LogP contribution in [-0.2, 0) is 25.6 Å². The molecule has 0 aliphatic carbocycles. The Morgan fingerprint density at radius 3 is 2.72 bits per heavy atom. The molecule has 3 rings (SSSR count). The first kappa shape index (κ1) is 17.2. The smallest absolute Gasteiger partial charge is 0.303 e. The van der Waals surface area contributed by atoms with Crippen LogP contribution in [0.15, 0.2) is 30.6 Å². The summed E-state index contributed by atoms with van der Waals surface area (Å²) in [6, 6.07) is 7.56. The molecule has 3 aromatic rings. The molecule has 0 spiro atoms. The number of rotatable bonds is 5. The predicted octanol–water partition coefficient (Wildman–Crippen LogP) is 2.73. The number of esters is 2. The standard InChI is InChI=1S/C17H16ClN3O4/c1-10(22)24-8-12(25-11(2)23)7-21-9-19-15-16(21)13-5-3-4-6-14(13)20-17(15)18/h3-6,9,12H,7-8H2,1-2H3. The van der Waals surface area contributed by atoms with Crippen LogP contribution < -0.4 is 0 Å². The fourth-order valence-corrected chi connectivity index (χ4v) is 2.90. The summed E-state index contributed by atoms with van der Waals surface area (Å²) in [5.41, 5.74) is 2.09. The average molecular weight is 362 g/mol. The Hall–Kier alpha value is -2.67. The van der Waals surface area contributed by atoms with Crippen LogP contribution in [0.25, 0.3) is 21.9 Å². The summed E-state index contributed by atoms with van der Waals surface area (Å²) in [6.07, 6.45) is 0.971. The van der Waals surface area contributed by atoms with Crippen molar-refractivity contribution in [3.63, 3.8) is 0 Å². The molecule has 0 radical (unpaired) electrons. The molecule has 1 aromatic carbocycles. The minimum Gasteiger partial charge on any atom is -0.462 e. The highest BCUT2D eigenvalue weighted by Gasteiger charge is 2.19. The summed E-state index contributed by atoms with van der Waals surface area (Å²) >= 11 is 6.23. The fourth-order valence-electron chi connectivity index (χ4n) is 2.67. The molecule has 0 fully saturated rings. The quantitative estimate of drug-likeness (QED) is 0.513. The van der Waals surface area contributed by atoms with Gasteiger partial charge >= 0.3 is 11.9 Å². The van der Waals surface area contributed by atoms with E-state index in [-0.39, 0.29) is 13.2 Å². The van der Waals surface area contributed by atoms with Gasteiger partial charge in [-0.2, -0.15) is 0 Å². The van der Waals surface area contributed by atoms with Crippen LogP contribution >= 0.6 is 11.6 Å². The van der Waals surface area contributed by atoms with Gasteiger partial charge in [-0.25, -0.2) is 9.97 Å². The second-order valence-electron chi connectivity index (χ2n) is 5.55. The van der Waals surface area contributed by atoms with E-state index in [0.717, 1.165) is 16.4 Å². The van der Waals surface area contributed by atoms with Crippen molar-refractivity contribution < 1.29 is 19.1 Å². The molecule has 1 atom stereocenters. The van der Waals surface area contributed by atoms with Crippen molar-refractivity contribution in [3.8, 4) is 0 Å². The van der Waals surface area contributed by atoms with Crippen LogP contribution in [0.3, 0.4) is 0 Å². The molecule has 0 aliphatic heterocycles. The molecule has 0 aliphatic rings. The second kappa shape index (κ2) is 7.06. The first-order valence-corrected chi connectivity index (χ1v) is 8.03. The maximum Gasteiger partial charge on any atom is 0.303 e. The van der Waals surface area contributed by atoms with Crippen LogP contribution in [-0.4, -0.2) is 39.2 Å². The first-order valence-electron chi connectivity index (χ1n) is 7.65. The summed E-state index contributed by atoms with van der Waals surface area (Å²) in [5, 5.41) is 1.19. The van der Waals surface area contributed by atoms with E-state index in [1.807, 2.05) is 28.8 Å². The average Bonchev–Trinajstić information content (AvgIpc) is 2.97. The van der Waals surface area contributed by atoms with Crippen molar-refractivity contribution in [2.24, 2.45) is 0 Å². The van der Waals surface area contributed by atoms with Crippen molar-refractivity contribution >= 4 is 45.5 Å². The molecule has 0 saturated carbocycles. The van der Waals surface area contributed by atoms with Crippen molar-refractivity contribution in [1.29, 1.82) is 0 Å². The van der Waals surface area contributed by atoms with Crippen molar-refractivity contribution in [2.75, 3.05) is 6.61 Å². The number of carbonyl (C=O) groups is 2. The normalized spacial score (nSPS) is 12.3. The number of para-hydroxylation sites is 1. The highest BCUT2D eigenvalue weighted by molar-refractivity contribution is 6.35. The molecular formula is C17H16ClN3O4. The zero-order valence-electron chi connectivity index (χ0n) is 13.7. The van der Waals surface area contributed by atoms with Gasteiger partial charge < -0.3 is 14.0 Å². The highest BCUT2D eigenvalue weighted by atomic mass is 35.5. The van der Waals surface area contributed by atoms with Crippen LogP contribution in [0.2, 0.25) is 5.15 Å². The third-order valence-corrected chi connectivity index (χ3v) is 3.88. The summed E-state index contributed by atoms with van der Waals surface area (Å²) in [6.45, 7) is 2.85. The number of carbonyl (C=O) groups excluding carboxylic acids is 2. The van der Waals surface area contributed by atoms with E-state index in [9.17, 15) is 9.59 Å². The van der Waals surface area contributed by atoms with Crippen LogP contribution in [0.1, 0.15) is 13.8 Å². The van der Waals surface area contributed by atoms with Gasteiger partial charge in [0.2, 0.25) is 0 Å². The minimum atomic E-state index is -0.635. The first-order chi connectivity index (χ1) is 12.0. The minimum absolute atomic E-state index is 0.0364. The number of aromatic nitrogens is 3. The van der Waals surface area contributed by atoms with Crippen LogP contribution in [0.4, 0.5) is 0 Å². The van der Waals surface area contributed by atoms with Gasteiger partial charge in [-0.15, -0.1) is 0 Å². The lowest BCUT2D eigenvalue weighted by Gasteiger charge is -2.18. The van der Waals surface area contributed by atoms with Gasteiger partial charge in [0.15, 0.2) is 11.3 Å². The molecule has 7 nitrogen and oxygen atoms in total. The molecule has 2 heterocycles. The number of imidazole rings is 1. The molecule has 0 bridgehead atoms. The number of fused-ring (bicyclic) bond motifs is 3. The van der Waals surface area contributed by atoms with Gasteiger partial charge in [0.05, 0.1) is 23.9 Å². The summed E-state index contributed by atoms with van der Waals surface area (Å²) in [7, 11) is 0. The summed E-state index contributed by atoms with van der Waals surface area (Å²) in [4.78, 5) is 31.1. The topological polar surface area (TPSA) is 83.3 Å². The van der Waals surface area contributed by atoms with E-state index in [4.69, 9.17) is 21.1 Å². The lowest BCUT2D eigenvalue weighted by molar-refractivity contribution is -0.157. The SMILES string of the molecule is CC(=O)OCC(Cn1cnc2c(Cl)nc3ccccc3c21)OC(C)=O. The zero-order valence-corrected chi connectivity index (χ0v) is 14.5. The fraction of sp³-hybridized carbons (Fsp3) is 0.294. The third-order valence-electron chi connectivity index (χ3n) is 3.62. The maximum atomic E-state index is 11.3. The molecule has 1 unspecified atom stereocenters. The van der Waals surface area contributed by atoms with Gasteiger partial charge in [0.1, 0.15) is 12.1 Å². The Balaban J connectivity index is 2.02. The van der Waals surface area contributed by atoms with E-state index in [2.05, 4.69) is 9.97 Å². The summed E-state index contributed by atoms with van der Waals surface area (Å²) in [5.74, 6) is -0.892. The maximum absolute atomic E-state index is 11.3. The Morgan fingerprint density at radius 1 is 1.24 bits per heavy atom. The number of hydrogen-bond acceptors (Lipinski definition) is 6. The molecule has 0 amide bonds. The number of ether oxygens (including phenoxy) is 2. The van der Waals surface area contributed by atoms with Crippen LogP contribution in [0.5, 0.6) is 0 Å². The van der Waals surface area contributed by atoms with E-state index in [1.165, 1.54) is 13.8 Å². The molecule has 8 heteroatoms. The Morgan fingerprint density at radius 2 is 2.00 bits per heavy atom. The molecule has 130 valence electrons. The van der Waals surface area contributed by atoms with Crippen molar-refractivity contribution in [2.45, 2.75) is 26.5 Å². The lowest BCUT2D eigenvalue weighted by Crippen LogP contribution is -2.28. The number of hydrogen-bond donors (Lipinski definition) is 0. The molecular weight excluding hydrogens is 346 g/mol. The number of nitrogens with zero attached hydrogens (tertiary/aromatic N) is 3. The van der Waals surface area contributed by atoms with E-state index < -0.39 is 18.0 Å². The van der Waals surface area contributed by atoms with Crippen molar-refractivity contribution in [1.82, 2.24) is 14.5 Å². The summed E-state index contributed by atoms with van der Waals surface area (Å²) < 4.78 is 12.1. The predicted molar refractivity (Wildman–Crippen MR) is 92.2 cm³/mol. The molecule has 0 saturated heterocycles. The monoisotopic (exact) mass is 361 g/mol. The molecule has 0 N–H and O–H groups in total. The van der Waals surface area contributed by atoms with E-state index >= 15 is 0 Å². The Kier molecular flexibility index (Phi) is 4.85. The van der Waals surface area contributed by atoms with Gasteiger partial charge in [0, 0.05) is 19.2 Å². The van der Waals surface area contributed by atoms with Gasteiger partial charge in [-0.1, -0.05) is 29.8 Å². The Labute approximate surface area is 148 Å². The number of pyridine rings is 1. The van der Waals surface area contributed by atoms with Crippen molar-refractivity contribution in [3.05, 3.63) is 35.7 Å². The second-order valence-corrected chi connectivity index (χ2v) is 5.91. The van der Waals surface area contributed by atoms with Gasteiger partial charge in [0.25, 0.3) is 0 Å². The van der Waals surface area contributed by atoms with E-state index in [1.54, 1.807) is 6.33 Å². The molecule has 25 heavy (non-hydrogen) atoms. The lowest BCUT2D eigenvalue weighted by atomic mass is 10.2. The van der Waals surface area contributed by atoms with Gasteiger partial charge in [-0.05, 0) is 6.07 Å². The third kappa shape index (κ3) is 3.71. The van der Waals surface area contributed by atoms with Crippen LogP contribution in [0, 0.1) is 0 Å². The van der Waals surface area contributed by atoms with Gasteiger partial charge in [-0.3, -0.25) is 9.59 Å². The molecule has 2 aromatic heterocycles. The Bertz CT molecular complexity index is 954.